The second-order valence-electron chi connectivity index (χ2n) is 4.78. The van der Waals surface area contributed by atoms with Crippen LogP contribution in [0.1, 0.15) is 10.4 Å². The summed E-state index contributed by atoms with van der Waals surface area (Å²) in [5.74, 6) is -2.27. The molecule has 0 aliphatic carbocycles. The topological polar surface area (TPSA) is 49.6 Å². The molecule has 1 aliphatic rings. The Kier molecular flexibility index (Phi) is 4.11. The molecule has 0 bridgehead atoms. The highest BCUT2D eigenvalue weighted by molar-refractivity contribution is 5.94. The molecule has 1 amide bonds. The number of rotatable bonds is 2. The fourth-order valence-electron chi connectivity index (χ4n) is 2.27. The molecule has 2 N–H and O–H groups in total. The van der Waals surface area contributed by atoms with E-state index in [-0.39, 0.29) is 17.5 Å². The average molecular weight is 269 g/mol. The number of benzene rings is 1. The molecule has 1 aliphatic heterocycles. The van der Waals surface area contributed by atoms with Crippen LogP contribution in [0.4, 0.5) is 8.78 Å². The van der Waals surface area contributed by atoms with Crippen LogP contribution in [0.15, 0.2) is 18.2 Å². The van der Waals surface area contributed by atoms with Gasteiger partial charge in [0.25, 0.3) is 5.91 Å². The van der Waals surface area contributed by atoms with Gasteiger partial charge in [-0.25, -0.2) is 8.78 Å². The molecule has 1 aromatic rings. The SMILES string of the molecule is CN1CCN(C(=O)c2ccc(F)c(F)c2)C(CN)C1. The summed E-state index contributed by atoms with van der Waals surface area (Å²) in [7, 11) is 1.96. The lowest BCUT2D eigenvalue weighted by atomic mass is 10.1. The summed E-state index contributed by atoms with van der Waals surface area (Å²) in [6.07, 6.45) is 0. The van der Waals surface area contributed by atoms with E-state index < -0.39 is 11.6 Å². The van der Waals surface area contributed by atoms with Crippen LogP contribution >= 0.6 is 0 Å². The maximum Gasteiger partial charge on any atom is 0.254 e. The Morgan fingerprint density at radius 2 is 2.11 bits per heavy atom. The van der Waals surface area contributed by atoms with Gasteiger partial charge in [-0.2, -0.15) is 0 Å². The van der Waals surface area contributed by atoms with Crippen molar-refractivity contribution in [2.45, 2.75) is 6.04 Å². The van der Waals surface area contributed by atoms with Gasteiger partial charge in [-0.15, -0.1) is 0 Å². The van der Waals surface area contributed by atoms with Crippen molar-refractivity contribution >= 4 is 5.91 Å². The molecule has 4 nitrogen and oxygen atoms in total. The third-order valence-corrected chi connectivity index (χ3v) is 3.39. The monoisotopic (exact) mass is 269 g/mol. The Bertz CT molecular complexity index is 481. The molecule has 19 heavy (non-hydrogen) atoms. The number of amides is 1. The lowest BCUT2D eigenvalue weighted by molar-refractivity contribution is 0.0515. The van der Waals surface area contributed by atoms with E-state index in [0.717, 1.165) is 18.7 Å². The molecule has 0 saturated carbocycles. The van der Waals surface area contributed by atoms with Crippen molar-refractivity contribution < 1.29 is 13.6 Å². The van der Waals surface area contributed by atoms with E-state index in [1.54, 1.807) is 4.90 Å². The number of hydrogen-bond acceptors (Lipinski definition) is 3. The Morgan fingerprint density at radius 1 is 1.37 bits per heavy atom. The molecule has 0 radical (unpaired) electrons. The van der Waals surface area contributed by atoms with Crippen LogP contribution in [0.5, 0.6) is 0 Å². The minimum Gasteiger partial charge on any atom is -0.332 e. The van der Waals surface area contributed by atoms with Crippen LogP contribution in [0.25, 0.3) is 0 Å². The number of piperazine rings is 1. The summed E-state index contributed by atoms with van der Waals surface area (Å²) in [5.41, 5.74) is 5.83. The molecule has 6 heteroatoms. The summed E-state index contributed by atoms with van der Waals surface area (Å²) >= 11 is 0. The van der Waals surface area contributed by atoms with Gasteiger partial charge in [0.2, 0.25) is 0 Å². The van der Waals surface area contributed by atoms with Gasteiger partial charge >= 0.3 is 0 Å². The highest BCUT2D eigenvalue weighted by Gasteiger charge is 2.28. The lowest BCUT2D eigenvalue weighted by Crippen LogP contribution is -2.56. The molecule has 1 atom stereocenters. The standard InChI is InChI=1S/C13H17F2N3O/c1-17-4-5-18(10(7-16)8-17)13(19)9-2-3-11(14)12(15)6-9/h2-3,6,10H,4-5,7-8,16H2,1H3. The maximum atomic E-state index is 13.2. The highest BCUT2D eigenvalue weighted by Crippen LogP contribution is 2.15. The van der Waals surface area contributed by atoms with Crippen molar-refractivity contribution in [2.75, 3.05) is 33.2 Å². The van der Waals surface area contributed by atoms with Crippen LogP contribution in [-0.4, -0.2) is 55.0 Å². The van der Waals surface area contributed by atoms with Gasteiger partial charge < -0.3 is 15.5 Å². The number of likely N-dealkylation sites (N-methyl/N-ethyl adjacent to an activating group) is 1. The Hall–Kier alpha value is -1.53. The minimum atomic E-state index is -1.01. The quantitative estimate of drug-likeness (QED) is 0.859. The molecule has 104 valence electrons. The first-order valence-corrected chi connectivity index (χ1v) is 6.17. The van der Waals surface area contributed by atoms with E-state index in [0.29, 0.717) is 19.6 Å². The van der Waals surface area contributed by atoms with Crippen LogP contribution < -0.4 is 5.73 Å². The van der Waals surface area contributed by atoms with Gasteiger partial charge in [0, 0.05) is 31.7 Å². The van der Waals surface area contributed by atoms with Gasteiger partial charge in [-0.3, -0.25) is 4.79 Å². The molecule has 1 heterocycles. The molecule has 0 spiro atoms. The molecule has 1 unspecified atom stereocenters. The zero-order valence-electron chi connectivity index (χ0n) is 10.8. The van der Waals surface area contributed by atoms with Gasteiger partial charge in [0.15, 0.2) is 11.6 Å². The first-order chi connectivity index (χ1) is 9.02. The number of halogens is 2. The van der Waals surface area contributed by atoms with Crippen LogP contribution in [0.2, 0.25) is 0 Å². The fourth-order valence-corrected chi connectivity index (χ4v) is 2.27. The van der Waals surface area contributed by atoms with Crippen LogP contribution in [0.3, 0.4) is 0 Å². The molecule has 1 saturated heterocycles. The predicted octanol–water partition coefficient (Wildman–Crippen LogP) is 0.680. The molecule has 2 rings (SSSR count). The predicted molar refractivity (Wildman–Crippen MR) is 67.7 cm³/mol. The summed E-state index contributed by atoms with van der Waals surface area (Å²) in [6, 6.07) is 3.10. The Morgan fingerprint density at radius 3 is 2.74 bits per heavy atom. The first-order valence-electron chi connectivity index (χ1n) is 6.17. The van der Waals surface area contributed by atoms with Crippen LogP contribution in [-0.2, 0) is 0 Å². The lowest BCUT2D eigenvalue weighted by Gasteiger charge is -2.39. The van der Waals surface area contributed by atoms with Crippen molar-refractivity contribution in [3.8, 4) is 0 Å². The average Bonchev–Trinajstić information content (AvgIpc) is 2.41. The summed E-state index contributed by atoms with van der Waals surface area (Å²) in [5, 5.41) is 0. The van der Waals surface area contributed by atoms with Crippen molar-refractivity contribution in [3.05, 3.63) is 35.4 Å². The van der Waals surface area contributed by atoms with Gasteiger partial charge in [-0.1, -0.05) is 0 Å². The van der Waals surface area contributed by atoms with Gasteiger partial charge in [0.1, 0.15) is 0 Å². The maximum absolute atomic E-state index is 13.2. The summed E-state index contributed by atoms with van der Waals surface area (Å²) in [4.78, 5) is 16.0. The first kappa shape index (κ1) is 13.9. The van der Waals surface area contributed by atoms with E-state index in [1.165, 1.54) is 6.07 Å². The number of nitrogens with zero attached hydrogens (tertiary/aromatic N) is 2. The minimum absolute atomic E-state index is 0.0978. The molecular formula is C13H17F2N3O. The van der Waals surface area contributed by atoms with Crippen molar-refractivity contribution in [1.29, 1.82) is 0 Å². The second-order valence-corrected chi connectivity index (χ2v) is 4.78. The molecule has 1 aromatic carbocycles. The molecule has 0 aromatic heterocycles. The zero-order chi connectivity index (χ0) is 14.0. The zero-order valence-corrected chi connectivity index (χ0v) is 10.8. The number of nitrogens with two attached hydrogens (primary N) is 1. The Balaban J connectivity index is 2.20. The van der Waals surface area contributed by atoms with Gasteiger partial charge in [0.05, 0.1) is 6.04 Å². The number of hydrogen-bond donors (Lipinski definition) is 1. The summed E-state index contributed by atoms with van der Waals surface area (Å²) < 4.78 is 26.0. The Labute approximate surface area is 110 Å². The third-order valence-electron chi connectivity index (χ3n) is 3.39. The fraction of sp³-hybridized carbons (Fsp3) is 0.462. The van der Waals surface area contributed by atoms with Crippen LogP contribution in [0, 0.1) is 11.6 Å². The van der Waals surface area contributed by atoms with Crippen molar-refractivity contribution in [1.82, 2.24) is 9.80 Å². The highest BCUT2D eigenvalue weighted by atomic mass is 19.2. The van der Waals surface area contributed by atoms with E-state index in [9.17, 15) is 13.6 Å². The van der Waals surface area contributed by atoms with E-state index >= 15 is 0 Å². The van der Waals surface area contributed by atoms with E-state index in [2.05, 4.69) is 4.90 Å². The number of carbonyl (C=O) groups excluding carboxylic acids is 1. The van der Waals surface area contributed by atoms with E-state index in [1.807, 2.05) is 7.05 Å². The number of carbonyl (C=O) groups is 1. The van der Waals surface area contributed by atoms with E-state index in [4.69, 9.17) is 5.73 Å². The molecular weight excluding hydrogens is 252 g/mol. The largest absolute Gasteiger partial charge is 0.332 e. The smallest absolute Gasteiger partial charge is 0.254 e. The van der Waals surface area contributed by atoms with Gasteiger partial charge in [-0.05, 0) is 25.2 Å². The second kappa shape index (κ2) is 5.63. The normalized spacial score (nSPS) is 20.6. The molecule has 1 fully saturated rings. The van der Waals surface area contributed by atoms with Crippen molar-refractivity contribution in [3.63, 3.8) is 0 Å². The summed E-state index contributed by atoms with van der Waals surface area (Å²) in [6.45, 7) is 2.31. The van der Waals surface area contributed by atoms with Crippen molar-refractivity contribution in [2.24, 2.45) is 5.73 Å². The third kappa shape index (κ3) is 2.90.